The smallest absolute Gasteiger partial charge is 0.0469 e. The van der Waals surface area contributed by atoms with E-state index in [1.54, 1.807) is 0 Å². The Morgan fingerprint density at radius 1 is 0.850 bits per heavy atom. The van der Waals surface area contributed by atoms with Crippen LogP contribution in [0.3, 0.4) is 0 Å². The van der Waals surface area contributed by atoms with Gasteiger partial charge in [0.15, 0.2) is 0 Å². The molecule has 1 aliphatic heterocycles. The summed E-state index contributed by atoms with van der Waals surface area (Å²) in [7, 11) is 0. The Balaban J connectivity index is 1.75. The van der Waals surface area contributed by atoms with Crippen LogP contribution in [0.4, 0.5) is 0 Å². The molecule has 0 spiro atoms. The molecule has 2 heteroatoms. The summed E-state index contributed by atoms with van der Waals surface area (Å²) < 4.78 is 5.41. The minimum absolute atomic E-state index is 0.128. The highest BCUT2D eigenvalue weighted by atomic mass is 16.5. The van der Waals surface area contributed by atoms with E-state index in [0.717, 1.165) is 26.1 Å². The first-order valence-corrected chi connectivity index (χ1v) is 7.33. The molecule has 1 saturated heterocycles. The molecule has 0 amide bonds. The van der Waals surface area contributed by atoms with E-state index < -0.39 is 0 Å². The second-order valence-corrected chi connectivity index (χ2v) is 5.46. The van der Waals surface area contributed by atoms with Crippen molar-refractivity contribution in [2.24, 2.45) is 11.7 Å². The number of benzene rings is 2. The van der Waals surface area contributed by atoms with Crippen LogP contribution in [-0.2, 0) is 4.74 Å². The van der Waals surface area contributed by atoms with E-state index in [0.29, 0.717) is 5.92 Å². The summed E-state index contributed by atoms with van der Waals surface area (Å²) in [6, 6.07) is 19.2. The zero-order chi connectivity index (χ0) is 13.8. The highest BCUT2D eigenvalue weighted by Gasteiger charge is 2.22. The van der Waals surface area contributed by atoms with Crippen molar-refractivity contribution in [2.75, 3.05) is 13.2 Å². The van der Waals surface area contributed by atoms with E-state index in [1.165, 1.54) is 16.7 Å². The zero-order valence-corrected chi connectivity index (χ0v) is 11.7. The van der Waals surface area contributed by atoms with Gasteiger partial charge >= 0.3 is 0 Å². The molecule has 1 fully saturated rings. The number of hydrogen-bond acceptors (Lipinski definition) is 2. The first-order chi connectivity index (χ1) is 9.84. The molecule has 2 nitrogen and oxygen atoms in total. The van der Waals surface area contributed by atoms with Crippen molar-refractivity contribution in [3.05, 3.63) is 60.2 Å². The zero-order valence-electron chi connectivity index (χ0n) is 11.7. The molecule has 0 radical (unpaired) electrons. The molecule has 0 aliphatic carbocycles. The average molecular weight is 267 g/mol. The van der Waals surface area contributed by atoms with Crippen molar-refractivity contribution in [1.29, 1.82) is 0 Å². The summed E-state index contributed by atoms with van der Waals surface area (Å²) >= 11 is 0. The van der Waals surface area contributed by atoms with Crippen LogP contribution in [0.25, 0.3) is 11.1 Å². The summed E-state index contributed by atoms with van der Waals surface area (Å²) in [4.78, 5) is 0. The molecule has 1 atom stereocenters. The molecule has 1 aliphatic rings. The Hall–Kier alpha value is -1.64. The van der Waals surface area contributed by atoms with Crippen LogP contribution in [0.15, 0.2) is 54.6 Å². The molecule has 0 bridgehead atoms. The maximum atomic E-state index is 6.40. The van der Waals surface area contributed by atoms with Crippen LogP contribution in [0.5, 0.6) is 0 Å². The van der Waals surface area contributed by atoms with Gasteiger partial charge in [-0.05, 0) is 35.4 Å². The van der Waals surface area contributed by atoms with Crippen molar-refractivity contribution in [1.82, 2.24) is 0 Å². The number of rotatable bonds is 3. The standard InChI is InChI=1S/C18H21NO/c19-18(17-10-12-20-13-11-17)16-8-6-15(7-9-16)14-4-2-1-3-5-14/h1-9,17-18H,10-13,19H2. The van der Waals surface area contributed by atoms with Crippen LogP contribution >= 0.6 is 0 Å². The van der Waals surface area contributed by atoms with Gasteiger partial charge in [0.1, 0.15) is 0 Å². The molecule has 0 saturated carbocycles. The largest absolute Gasteiger partial charge is 0.381 e. The summed E-state index contributed by atoms with van der Waals surface area (Å²) in [6.45, 7) is 1.70. The lowest BCUT2D eigenvalue weighted by Crippen LogP contribution is -2.27. The first-order valence-electron chi connectivity index (χ1n) is 7.33. The summed E-state index contributed by atoms with van der Waals surface area (Å²) in [5.74, 6) is 0.548. The van der Waals surface area contributed by atoms with Crippen LogP contribution in [0.1, 0.15) is 24.4 Å². The van der Waals surface area contributed by atoms with Gasteiger partial charge in [0.2, 0.25) is 0 Å². The van der Waals surface area contributed by atoms with Gasteiger partial charge in [0.05, 0.1) is 0 Å². The predicted molar refractivity (Wildman–Crippen MR) is 82.3 cm³/mol. The minimum Gasteiger partial charge on any atom is -0.381 e. The molecule has 0 aromatic heterocycles. The lowest BCUT2D eigenvalue weighted by atomic mass is 9.87. The van der Waals surface area contributed by atoms with E-state index in [9.17, 15) is 0 Å². The van der Waals surface area contributed by atoms with E-state index in [-0.39, 0.29) is 6.04 Å². The van der Waals surface area contributed by atoms with Crippen LogP contribution in [0, 0.1) is 5.92 Å². The van der Waals surface area contributed by atoms with Gasteiger partial charge in [-0.3, -0.25) is 0 Å². The molecule has 104 valence electrons. The molecule has 20 heavy (non-hydrogen) atoms. The Morgan fingerprint density at radius 2 is 1.45 bits per heavy atom. The van der Waals surface area contributed by atoms with Gasteiger partial charge in [-0.25, -0.2) is 0 Å². The Kier molecular flexibility index (Phi) is 4.14. The van der Waals surface area contributed by atoms with Gasteiger partial charge in [-0.15, -0.1) is 0 Å². The first kappa shape index (κ1) is 13.3. The third kappa shape index (κ3) is 2.92. The number of ether oxygens (including phenoxy) is 1. The van der Waals surface area contributed by atoms with Gasteiger partial charge < -0.3 is 10.5 Å². The maximum absolute atomic E-state index is 6.40. The van der Waals surface area contributed by atoms with Crippen LogP contribution in [-0.4, -0.2) is 13.2 Å². The van der Waals surface area contributed by atoms with Crippen LogP contribution < -0.4 is 5.73 Å². The minimum atomic E-state index is 0.128. The lowest BCUT2D eigenvalue weighted by Gasteiger charge is -2.28. The third-order valence-electron chi connectivity index (χ3n) is 4.18. The van der Waals surface area contributed by atoms with E-state index in [1.807, 2.05) is 6.07 Å². The Labute approximate surface area is 120 Å². The van der Waals surface area contributed by atoms with Crippen molar-refractivity contribution in [3.8, 4) is 11.1 Å². The second-order valence-electron chi connectivity index (χ2n) is 5.46. The summed E-state index contributed by atoms with van der Waals surface area (Å²) in [6.07, 6.45) is 2.14. The average Bonchev–Trinajstić information content (AvgIpc) is 2.56. The normalized spacial score (nSPS) is 17.9. The number of hydrogen-bond donors (Lipinski definition) is 1. The van der Waals surface area contributed by atoms with Crippen molar-refractivity contribution in [3.63, 3.8) is 0 Å². The van der Waals surface area contributed by atoms with Gasteiger partial charge in [0.25, 0.3) is 0 Å². The van der Waals surface area contributed by atoms with Gasteiger partial charge in [0, 0.05) is 19.3 Å². The quantitative estimate of drug-likeness (QED) is 0.918. The highest BCUT2D eigenvalue weighted by Crippen LogP contribution is 2.29. The van der Waals surface area contributed by atoms with Crippen molar-refractivity contribution >= 4 is 0 Å². The van der Waals surface area contributed by atoms with Crippen LogP contribution in [0.2, 0.25) is 0 Å². The van der Waals surface area contributed by atoms with E-state index in [4.69, 9.17) is 10.5 Å². The van der Waals surface area contributed by atoms with E-state index >= 15 is 0 Å². The fourth-order valence-electron chi connectivity index (χ4n) is 2.88. The molecule has 2 aromatic rings. The van der Waals surface area contributed by atoms with Gasteiger partial charge in [-0.2, -0.15) is 0 Å². The topological polar surface area (TPSA) is 35.2 Å². The highest BCUT2D eigenvalue weighted by molar-refractivity contribution is 5.63. The monoisotopic (exact) mass is 267 g/mol. The number of nitrogens with two attached hydrogens (primary N) is 1. The molecular formula is C18H21NO. The molecule has 2 N–H and O–H groups in total. The molecule has 3 rings (SSSR count). The fraction of sp³-hybridized carbons (Fsp3) is 0.333. The van der Waals surface area contributed by atoms with E-state index in [2.05, 4.69) is 48.5 Å². The lowest BCUT2D eigenvalue weighted by molar-refractivity contribution is 0.0584. The van der Waals surface area contributed by atoms with Crippen molar-refractivity contribution < 1.29 is 4.74 Å². The SMILES string of the molecule is NC(c1ccc(-c2ccccc2)cc1)C1CCOCC1. The molecule has 1 unspecified atom stereocenters. The Morgan fingerprint density at radius 3 is 2.10 bits per heavy atom. The second kappa shape index (κ2) is 6.21. The molecular weight excluding hydrogens is 246 g/mol. The summed E-state index contributed by atoms with van der Waals surface area (Å²) in [5.41, 5.74) is 10.1. The maximum Gasteiger partial charge on any atom is 0.0469 e. The fourth-order valence-corrected chi connectivity index (χ4v) is 2.88. The predicted octanol–water partition coefficient (Wildman–Crippen LogP) is 3.78. The van der Waals surface area contributed by atoms with Crippen molar-refractivity contribution in [2.45, 2.75) is 18.9 Å². The third-order valence-corrected chi connectivity index (χ3v) is 4.18. The summed E-state index contributed by atoms with van der Waals surface area (Å²) in [5, 5.41) is 0. The molecule has 2 aromatic carbocycles. The van der Waals surface area contributed by atoms with Gasteiger partial charge in [-0.1, -0.05) is 54.6 Å². The Bertz CT molecular complexity index is 529. The molecule has 1 heterocycles.